The van der Waals surface area contributed by atoms with Crippen LogP contribution in [0.1, 0.15) is 10.4 Å². The molecule has 15 heavy (non-hydrogen) atoms. The number of hydrogen-bond acceptors (Lipinski definition) is 3. The first kappa shape index (κ1) is 9.80. The zero-order valence-corrected chi connectivity index (χ0v) is 8.53. The van der Waals surface area contributed by atoms with Gasteiger partial charge in [-0.25, -0.2) is 0 Å². The third-order valence-corrected chi connectivity index (χ3v) is 2.30. The Hall–Kier alpha value is -1.74. The first-order chi connectivity index (χ1) is 7.31. The van der Waals surface area contributed by atoms with Gasteiger partial charge in [0.05, 0.1) is 6.54 Å². The highest BCUT2D eigenvalue weighted by Gasteiger charge is 2.04. The Morgan fingerprint density at radius 3 is 3.00 bits per heavy atom. The summed E-state index contributed by atoms with van der Waals surface area (Å²) in [5, 5.41) is 4.95. The van der Waals surface area contributed by atoms with Crippen LogP contribution in [0, 0.1) is 0 Å². The van der Waals surface area contributed by atoms with Crippen LogP contribution in [0.5, 0.6) is 0 Å². The maximum Gasteiger partial charge on any atom is 0.176 e. The van der Waals surface area contributed by atoms with Crippen molar-refractivity contribution in [2.45, 2.75) is 0 Å². The summed E-state index contributed by atoms with van der Waals surface area (Å²) in [5.74, 6) is 0.108. The molecule has 0 radical (unpaired) electrons. The number of rotatable bonds is 3. The maximum absolute atomic E-state index is 11.6. The van der Waals surface area contributed by atoms with Gasteiger partial charge in [-0.2, -0.15) is 0 Å². The molecule has 0 spiro atoms. The predicted molar refractivity (Wildman–Crippen MR) is 60.0 cm³/mol. The van der Waals surface area contributed by atoms with Crippen LogP contribution in [0.3, 0.4) is 0 Å². The SMILES string of the molecule is CNCC(=O)c1ccc2cnccc2c1. The van der Waals surface area contributed by atoms with Crippen molar-refractivity contribution >= 4 is 16.6 Å². The van der Waals surface area contributed by atoms with Gasteiger partial charge in [0.1, 0.15) is 0 Å². The molecule has 1 heterocycles. The normalized spacial score (nSPS) is 10.5. The number of Topliss-reactive ketones (excluding diaryl/α,β-unsaturated/α-hetero) is 1. The van der Waals surface area contributed by atoms with Crippen LogP contribution in [-0.4, -0.2) is 24.4 Å². The number of hydrogen-bond donors (Lipinski definition) is 1. The number of nitrogens with zero attached hydrogens (tertiary/aromatic N) is 1. The summed E-state index contributed by atoms with van der Waals surface area (Å²) in [6.07, 6.45) is 3.52. The summed E-state index contributed by atoms with van der Waals surface area (Å²) >= 11 is 0. The molecular weight excluding hydrogens is 188 g/mol. The molecule has 0 aliphatic carbocycles. The van der Waals surface area contributed by atoms with Gasteiger partial charge in [-0.15, -0.1) is 0 Å². The summed E-state index contributed by atoms with van der Waals surface area (Å²) in [7, 11) is 1.77. The highest BCUT2D eigenvalue weighted by molar-refractivity contribution is 6.00. The Morgan fingerprint density at radius 2 is 2.20 bits per heavy atom. The molecule has 1 aromatic heterocycles. The van der Waals surface area contributed by atoms with E-state index in [-0.39, 0.29) is 5.78 Å². The van der Waals surface area contributed by atoms with Gasteiger partial charge in [-0.05, 0) is 24.6 Å². The van der Waals surface area contributed by atoms with Crippen molar-refractivity contribution in [3.63, 3.8) is 0 Å². The van der Waals surface area contributed by atoms with E-state index in [0.717, 1.165) is 16.3 Å². The number of aromatic nitrogens is 1. The van der Waals surface area contributed by atoms with Crippen LogP contribution in [0.4, 0.5) is 0 Å². The standard InChI is InChI=1S/C12H12N2O/c1-13-8-12(15)10-2-3-11-7-14-5-4-9(11)6-10/h2-7,13H,8H2,1H3. The quantitative estimate of drug-likeness (QED) is 0.766. The molecule has 3 heteroatoms. The number of fused-ring (bicyclic) bond motifs is 1. The summed E-state index contributed by atoms with van der Waals surface area (Å²) in [6, 6.07) is 7.57. The second-order valence-corrected chi connectivity index (χ2v) is 3.39. The molecular formula is C12H12N2O. The molecule has 0 atom stereocenters. The zero-order valence-electron chi connectivity index (χ0n) is 8.53. The molecule has 0 aliphatic heterocycles. The summed E-state index contributed by atoms with van der Waals surface area (Å²) < 4.78 is 0. The lowest BCUT2D eigenvalue weighted by molar-refractivity contribution is 0.0993. The fourth-order valence-corrected chi connectivity index (χ4v) is 1.52. The van der Waals surface area contributed by atoms with E-state index in [0.29, 0.717) is 6.54 Å². The lowest BCUT2D eigenvalue weighted by atomic mass is 10.1. The average molecular weight is 200 g/mol. The van der Waals surface area contributed by atoms with Crippen LogP contribution < -0.4 is 5.32 Å². The van der Waals surface area contributed by atoms with Gasteiger partial charge in [0.2, 0.25) is 0 Å². The predicted octanol–water partition coefficient (Wildman–Crippen LogP) is 1.64. The number of ketones is 1. The molecule has 0 fully saturated rings. The lowest BCUT2D eigenvalue weighted by Crippen LogP contribution is -2.18. The minimum Gasteiger partial charge on any atom is -0.313 e. The average Bonchev–Trinajstić information content (AvgIpc) is 2.29. The third kappa shape index (κ3) is 2.02. The van der Waals surface area contributed by atoms with Crippen molar-refractivity contribution in [2.75, 3.05) is 13.6 Å². The minimum atomic E-state index is 0.108. The highest BCUT2D eigenvalue weighted by Crippen LogP contribution is 2.14. The van der Waals surface area contributed by atoms with E-state index in [4.69, 9.17) is 0 Å². The van der Waals surface area contributed by atoms with Gasteiger partial charge in [0, 0.05) is 23.3 Å². The molecule has 0 aliphatic rings. The van der Waals surface area contributed by atoms with E-state index in [2.05, 4.69) is 10.3 Å². The Bertz CT molecular complexity index is 494. The fraction of sp³-hybridized carbons (Fsp3) is 0.167. The van der Waals surface area contributed by atoms with Crippen LogP contribution >= 0.6 is 0 Å². The summed E-state index contributed by atoms with van der Waals surface area (Å²) in [6.45, 7) is 0.372. The molecule has 1 aromatic carbocycles. The zero-order chi connectivity index (χ0) is 10.7. The first-order valence-electron chi connectivity index (χ1n) is 4.83. The third-order valence-electron chi connectivity index (χ3n) is 2.30. The van der Waals surface area contributed by atoms with E-state index in [1.807, 2.05) is 24.3 Å². The molecule has 0 amide bonds. The van der Waals surface area contributed by atoms with Gasteiger partial charge in [0.15, 0.2) is 5.78 Å². The molecule has 1 N–H and O–H groups in total. The number of nitrogens with one attached hydrogen (secondary N) is 1. The Balaban J connectivity index is 2.42. The van der Waals surface area contributed by atoms with Gasteiger partial charge in [0.25, 0.3) is 0 Å². The number of benzene rings is 1. The monoisotopic (exact) mass is 200 g/mol. The summed E-state index contributed by atoms with van der Waals surface area (Å²) in [4.78, 5) is 15.6. The Labute approximate surface area is 88.1 Å². The van der Waals surface area contributed by atoms with Crippen LogP contribution in [0.25, 0.3) is 10.8 Å². The Kier molecular flexibility index (Phi) is 2.74. The first-order valence-corrected chi connectivity index (χ1v) is 4.83. The molecule has 0 unspecified atom stereocenters. The maximum atomic E-state index is 11.6. The van der Waals surface area contributed by atoms with Crippen LogP contribution in [0.15, 0.2) is 36.7 Å². The van der Waals surface area contributed by atoms with Crippen LogP contribution in [0.2, 0.25) is 0 Å². The lowest BCUT2D eigenvalue weighted by Gasteiger charge is -2.02. The second kappa shape index (κ2) is 4.19. The molecule has 0 bridgehead atoms. The highest BCUT2D eigenvalue weighted by atomic mass is 16.1. The summed E-state index contributed by atoms with van der Waals surface area (Å²) in [5.41, 5.74) is 0.739. The number of carbonyl (C=O) groups excluding carboxylic acids is 1. The van der Waals surface area contributed by atoms with Crippen molar-refractivity contribution in [2.24, 2.45) is 0 Å². The van der Waals surface area contributed by atoms with Crippen molar-refractivity contribution in [1.29, 1.82) is 0 Å². The topological polar surface area (TPSA) is 42.0 Å². The van der Waals surface area contributed by atoms with E-state index in [1.165, 1.54) is 0 Å². The van der Waals surface area contributed by atoms with Crippen molar-refractivity contribution in [3.8, 4) is 0 Å². The molecule has 76 valence electrons. The van der Waals surface area contributed by atoms with E-state index < -0.39 is 0 Å². The van der Waals surface area contributed by atoms with Crippen molar-refractivity contribution in [1.82, 2.24) is 10.3 Å². The molecule has 2 rings (SSSR count). The number of pyridine rings is 1. The fourth-order valence-electron chi connectivity index (χ4n) is 1.52. The van der Waals surface area contributed by atoms with Crippen molar-refractivity contribution in [3.05, 3.63) is 42.2 Å². The Morgan fingerprint density at radius 1 is 1.33 bits per heavy atom. The minimum absolute atomic E-state index is 0.108. The molecule has 2 aromatic rings. The molecule has 0 saturated heterocycles. The largest absolute Gasteiger partial charge is 0.313 e. The van der Waals surface area contributed by atoms with Gasteiger partial charge in [-0.3, -0.25) is 9.78 Å². The molecule has 3 nitrogen and oxygen atoms in total. The van der Waals surface area contributed by atoms with Gasteiger partial charge in [-0.1, -0.05) is 12.1 Å². The van der Waals surface area contributed by atoms with Crippen molar-refractivity contribution < 1.29 is 4.79 Å². The van der Waals surface area contributed by atoms with Gasteiger partial charge < -0.3 is 5.32 Å². The van der Waals surface area contributed by atoms with E-state index in [1.54, 1.807) is 19.4 Å². The second-order valence-electron chi connectivity index (χ2n) is 3.39. The van der Waals surface area contributed by atoms with Gasteiger partial charge >= 0.3 is 0 Å². The number of carbonyl (C=O) groups is 1. The van der Waals surface area contributed by atoms with Crippen LogP contribution in [-0.2, 0) is 0 Å². The molecule has 0 saturated carbocycles. The van der Waals surface area contributed by atoms with E-state index >= 15 is 0 Å². The van der Waals surface area contributed by atoms with E-state index in [9.17, 15) is 4.79 Å². The smallest absolute Gasteiger partial charge is 0.176 e. The number of likely N-dealkylation sites (N-methyl/N-ethyl adjacent to an activating group) is 1.